The van der Waals surface area contributed by atoms with Gasteiger partial charge in [-0.05, 0) is 29.6 Å². The third-order valence-electron chi connectivity index (χ3n) is 3.00. The number of anilines is 1. The molecule has 0 radical (unpaired) electrons. The Morgan fingerprint density at radius 3 is 2.90 bits per heavy atom. The number of nitrogens with two attached hydrogens (primary N) is 1. The number of hydrogen-bond donors (Lipinski definition) is 2. The number of benzene rings is 1. The van der Waals surface area contributed by atoms with Gasteiger partial charge in [0.2, 0.25) is 0 Å². The van der Waals surface area contributed by atoms with Crippen LogP contribution in [0, 0.1) is 5.82 Å². The second-order valence-electron chi connectivity index (χ2n) is 4.19. The fraction of sp³-hybridized carbons (Fsp3) is 0.0714. The van der Waals surface area contributed by atoms with Crippen molar-refractivity contribution in [2.75, 3.05) is 12.8 Å². The summed E-state index contributed by atoms with van der Waals surface area (Å²) < 4.78 is 18.5. The molecule has 0 atom stereocenters. The van der Waals surface area contributed by atoms with Gasteiger partial charge in [-0.15, -0.1) is 11.3 Å². The molecule has 0 spiro atoms. The van der Waals surface area contributed by atoms with E-state index in [4.69, 9.17) is 10.5 Å². The first-order valence-electron chi connectivity index (χ1n) is 5.92. The lowest BCUT2D eigenvalue weighted by Crippen LogP contribution is -1.90. The molecule has 1 aromatic carbocycles. The first-order chi connectivity index (χ1) is 9.70. The fourth-order valence-corrected chi connectivity index (χ4v) is 2.84. The van der Waals surface area contributed by atoms with E-state index in [9.17, 15) is 4.39 Å². The summed E-state index contributed by atoms with van der Waals surface area (Å²) in [5.41, 5.74) is 8.28. The Balaban J connectivity index is 2.16. The SMILES string of the molecule is COc1cc(-c2[nH]nc(N)c2-c2cccs2)ccc1F. The van der Waals surface area contributed by atoms with Gasteiger partial charge in [0, 0.05) is 10.4 Å². The molecule has 3 rings (SSSR count). The molecule has 0 saturated heterocycles. The third kappa shape index (κ3) is 2.04. The minimum Gasteiger partial charge on any atom is -0.494 e. The number of halogens is 1. The number of nitrogens with one attached hydrogen (secondary N) is 1. The monoisotopic (exact) mass is 289 g/mol. The Morgan fingerprint density at radius 2 is 2.20 bits per heavy atom. The predicted molar refractivity (Wildman–Crippen MR) is 78.3 cm³/mol. The first kappa shape index (κ1) is 12.7. The van der Waals surface area contributed by atoms with E-state index in [-0.39, 0.29) is 5.75 Å². The highest BCUT2D eigenvalue weighted by atomic mass is 32.1. The average molecular weight is 289 g/mol. The lowest BCUT2D eigenvalue weighted by molar-refractivity contribution is 0.387. The Labute approximate surface area is 119 Å². The number of methoxy groups -OCH3 is 1. The van der Waals surface area contributed by atoms with Crippen molar-refractivity contribution in [3.8, 4) is 27.4 Å². The summed E-state index contributed by atoms with van der Waals surface area (Å²) >= 11 is 1.57. The van der Waals surface area contributed by atoms with Crippen molar-refractivity contribution < 1.29 is 9.13 Å². The summed E-state index contributed by atoms with van der Waals surface area (Å²) in [5, 5.41) is 8.92. The van der Waals surface area contributed by atoms with E-state index in [1.807, 2.05) is 17.5 Å². The van der Waals surface area contributed by atoms with Crippen molar-refractivity contribution in [2.45, 2.75) is 0 Å². The zero-order valence-electron chi connectivity index (χ0n) is 10.7. The Hall–Kier alpha value is -2.34. The van der Waals surface area contributed by atoms with Crippen LogP contribution in [0.15, 0.2) is 35.7 Å². The van der Waals surface area contributed by atoms with E-state index in [2.05, 4.69) is 10.2 Å². The summed E-state index contributed by atoms with van der Waals surface area (Å²) in [5.74, 6) is 0.208. The van der Waals surface area contributed by atoms with Gasteiger partial charge in [0.05, 0.1) is 18.4 Å². The quantitative estimate of drug-likeness (QED) is 0.775. The molecule has 4 nitrogen and oxygen atoms in total. The van der Waals surface area contributed by atoms with Gasteiger partial charge in [-0.25, -0.2) is 4.39 Å². The van der Waals surface area contributed by atoms with Crippen molar-refractivity contribution in [1.29, 1.82) is 0 Å². The second-order valence-corrected chi connectivity index (χ2v) is 5.13. The van der Waals surface area contributed by atoms with Gasteiger partial charge in [0.1, 0.15) is 0 Å². The Morgan fingerprint density at radius 1 is 1.35 bits per heavy atom. The molecule has 0 bridgehead atoms. The molecular formula is C14H12FN3OS. The maximum Gasteiger partial charge on any atom is 0.165 e. The van der Waals surface area contributed by atoms with Crippen LogP contribution in [-0.4, -0.2) is 17.3 Å². The molecule has 20 heavy (non-hydrogen) atoms. The predicted octanol–water partition coefficient (Wildman–Crippen LogP) is 3.54. The standard InChI is InChI=1S/C14H12FN3OS/c1-19-10-7-8(4-5-9(10)15)13-12(14(16)18-17-13)11-3-2-6-20-11/h2-7H,1H3,(H3,16,17,18). The first-order valence-corrected chi connectivity index (χ1v) is 6.80. The molecule has 0 aliphatic rings. The van der Waals surface area contributed by atoms with Crippen LogP contribution in [0.1, 0.15) is 0 Å². The smallest absolute Gasteiger partial charge is 0.165 e. The number of nitrogens with zero attached hydrogens (tertiary/aromatic N) is 1. The number of nitrogen functional groups attached to an aromatic ring is 1. The molecule has 0 amide bonds. The average Bonchev–Trinajstić information content (AvgIpc) is 3.08. The molecule has 0 aliphatic heterocycles. The number of aromatic amines is 1. The summed E-state index contributed by atoms with van der Waals surface area (Å²) in [6.45, 7) is 0. The summed E-state index contributed by atoms with van der Waals surface area (Å²) in [7, 11) is 1.43. The topological polar surface area (TPSA) is 63.9 Å². The molecule has 0 fully saturated rings. The molecule has 2 heterocycles. The number of rotatable bonds is 3. The maximum atomic E-state index is 13.5. The fourth-order valence-electron chi connectivity index (χ4n) is 2.05. The highest BCUT2D eigenvalue weighted by Crippen LogP contribution is 2.38. The minimum absolute atomic E-state index is 0.188. The van der Waals surface area contributed by atoms with Crippen LogP contribution in [-0.2, 0) is 0 Å². The van der Waals surface area contributed by atoms with Crippen LogP contribution in [0.25, 0.3) is 21.7 Å². The van der Waals surface area contributed by atoms with Crippen molar-refractivity contribution in [3.63, 3.8) is 0 Å². The number of hydrogen-bond acceptors (Lipinski definition) is 4. The molecule has 102 valence electrons. The van der Waals surface area contributed by atoms with Crippen LogP contribution in [0.3, 0.4) is 0 Å². The van der Waals surface area contributed by atoms with E-state index < -0.39 is 5.82 Å². The van der Waals surface area contributed by atoms with Gasteiger partial charge >= 0.3 is 0 Å². The molecular weight excluding hydrogens is 277 g/mol. The van der Waals surface area contributed by atoms with Gasteiger partial charge in [-0.1, -0.05) is 6.07 Å². The summed E-state index contributed by atoms with van der Waals surface area (Å²) in [6, 6.07) is 8.57. The minimum atomic E-state index is -0.401. The summed E-state index contributed by atoms with van der Waals surface area (Å²) in [4.78, 5) is 1.01. The van der Waals surface area contributed by atoms with Gasteiger partial charge in [-0.2, -0.15) is 5.10 Å². The van der Waals surface area contributed by atoms with Gasteiger partial charge < -0.3 is 10.5 Å². The lowest BCUT2D eigenvalue weighted by Gasteiger charge is -2.06. The van der Waals surface area contributed by atoms with Crippen LogP contribution < -0.4 is 10.5 Å². The highest BCUT2D eigenvalue weighted by molar-refractivity contribution is 7.13. The lowest BCUT2D eigenvalue weighted by atomic mass is 10.1. The van der Waals surface area contributed by atoms with Crippen molar-refractivity contribution in [2.24, 2.45) is 0 Å². The Bertz CT molecular complexity index is 737. The number of thiophene rings is 1. The van der Waals surface area contributed by atoms with E-state index >= 15 is 0 Å². The largest absolute Gasteiger partial charge is 0.494 e. The Kier molecular flexibility index (Phi) is 3.15. The van der Waals surface area contributed by atoms with Crippen LogP contribution in [0.2, 0.25) is 0 Å². The van der Waals surface area contributed by atoms with Gasteiger partial charge in [0.25, 0.3) is 0 Å². The van der Waals surface area contributed by atoms with E-state index in [0.29, 0.717) is 5.82 Å². The number of ether oxygens (including phenoxy) is 1. The van der Waals surface area contributed by atoms with Crippen molar-refractivity contribution in [1.82, 2.24) is 10.2 Å². The van der Waals surface area contributed by atoms with Gasteiger partial charge in [-0.3, -0.25) is 5.10 Å². The van der Waals surface area contributed by atoms with Crippen LogP contribution in [0.5, 0.6) is 5.75 Å². The van der Waals surface area contributed by atoms with Crippen LogP contribution >= 0.6 is 11.3 Å². The third-order valence-corrected chi connectivity index (χ3v) is 3.89. The maximum absolute atomic E-state index is 13.5. The zero-order valence-corrected chi connectivity index (χ0v) is 11.5. The molecule has 0 saturated carbocycles. The molecule has 6 heteroatoms. The van der Waals surface area contributed by atoms with Crippen molar-refractivity contribution in [3.05, 3.63) is 41.5 Å². The second kappa shape index (κ2) is 4.97. The van der Waals surface area contributed by atoms with Crippen molar-refractivity contribution >= 4 is 17.2 Å². The van der Waals surface area contributed by atoms with E-state index in [1.54, 1.807) is 23.5 Å². The highest BCUT2D eigenvalue weighted by Gasteiger charge is 2.16. The van der Waals surface area contributed by atoms with Crippen LogP contribution in [0.4, 0.5) is 10.2 Å². The molecule has 3 N–H and O–H groups in total. The summed E-state index contributed by atoms with van der Waals surface area (Å²) in [6.07, 6.45) is 0. The van der Waals surface area contributed by atoms with Gasteiger partial charge in [0.15, 0.2) is 17.4 Å². The molecule has 2 aromatic heterocycles. The van der Waals surface area contributed by atoms with E-state index in [1.165, 1.54) is 13.2 Å². The molecule has 0 aliphatic carbocycles. The molecule has 0 unspecified atom stereocenters. The number of aromatic nitrogens is 2. The van der Waals surface area contributed by atoms with E-state index in [0.717, 1.165) is 21.7 Å². The molecule has 3 aromatic rings. The zero-order chi connectivity index (χ0) is 14.1. The number of H-pyrrole nitrogens is 1. The normalized spacial score (nSPS) is 10.7.